The summed E-state index contributed by atoms with van der Waals surface area (Å²) in [5.74, 6) is 0. The second-order valence-electron chi connectivity index (χ2n) is 2.88. The Kier molecular flexibility index (Phi) is 4.99. The average Bonchev–Trinajstić information content (AvgIpc) is 2.17. The van der Waals surface area contributed by atoms with E-state index in [0.29, 0.717) is 0 Å². The Hall–Kier alpha value is 0.140. The van der Waals surface area contributed by atoms with E-state index in [1.807, 2.05) is 18.2 Å². The molecular formula is C10H12Br2O. The summed E-state index contributed by atoms with van der Waals surface area (Å²) in [6, 6.07) is 5.98. The van der Waals surface area contributed by atoms with Crippen LogP contribution in [0.5, 0.6) is 0 Å². The highest BCUT2D eigenvalue weighted by Gasteiger charge is 2.00. The number of halogens is 2. The third kappa shape index (κ3) is 3.41. The molecule has 13 heavy (non-hydrogen) atoms. The predicted molar refractivity (Wildman–Crippen MR) is 62.2 cm³/mol. The first kappa shape index (κ1) is 11.2. The van der Waals surface area contributed by atoms with Crippen LogP contribution >= 0.6 is 31.9 Å². The van der Waals surface area contributed by atoms with Crippen molar-refractivity contribution in [2.75, 3.05) is 5.33 Å². The molecular weight excluding hydrogens is 296 g/mol. The lowest BCUT2D eigenvalue weighted by Crippen LogP contribution is -1.91. The Morgan fingerprint density at radius 2 is 2.08 bits per heavy atom. The van der Waals surface area contributed by atoms with Crippen molar-refractivity contribution in [3.05, 3.63) is 33.8 Å². The van der Waals surface area contributed by atoms with Crippen LogP contribution in [0.3, 0.4) is 0 Å². The molecule has 1 aromatic carbocycles. The summed E-state index contributed by atoms with van der Waals surface area (Å²) in [6.07, 6.45) is 2.16. The van der Waals surface area contributed by atoms with Gasteiger partial charge in [0.05, 0.1) is 6.61 Å². The lowest BCUT2D eigenvalue weighted by molar-refractivity contribution is 0.281. The molecule has 0 heterocycles. The smallest absolute Gasteiger partial charge is 0.0681 e. The van der Waals surface area contributed by atoms with Crippen LogP contribution in [0.4, 0.5) is 0 Å². The molecule has 3 heteroatoms. The molecule has 0 atom stereocenters. The summed E-state index contributed by atoms with van der Waals surface area (Å²) in [4.78, 5) is 0. The van der Waals surface area contributed by atoms with Crippen molar-refractivity contribution in [2.45, 2.75) is 19.4 Å². The van der Waals surface area contributed by atoms with Crippen LogP contribution in [0, 0.1) is 0 Å². The number of rotatable bonds is 4. The molecule has 0 radical (unpaired) electrons. The van der Waals surface area contributed by atoms with Crippen LogP contribution in [0.2, 0.25) is 0 Å². The van der Waals surface area contributed by atoms with E-state index >= 15 is 0 Å². The maximum atomic E-state index is 8.95. The molecule has 0 aliphatic rings. The van der Waals surface area contributed by atoms with Crippen molar-refractivity contribution in [3.8, 4) is 0 Å². The van der Waals surface area contributed by atoms with Gasteiger partial charge in [0, 0.05) is 9.80 Å². The minimum atomic E-state index is 0.120. The Morgan fingerprint density at radius 3 is 2.69 bits per heavy atom. The van der Waals surface area contributed by atoms with Gasteiger partial charge in [0.2, 0.25) is 0 Å². The van der Waals surface area contributed by atoms with E-state index in [1.54, 1.807) is 0 Å². The molecule has 0 aromatic heterocycles. The molecule has 0 amide bonds. The summed E-state index contributed by atoms with van der Waals surface area (Å²) < 4.78 is 1.13. The largest absolute Gasteiger partial charge is 0.392 e. The molecule has 0 saturated carbocycles. The van der Waals surface area contributed by atoms with Crippen molar-refractivity contribution in [1.29, 1.82) is 0 Å². The first-order chi connectivity index (χ1) is 6.27. The molecule has 1 rings (SSSR count). The normalized spacial score (nSPS) is 10.4. The molecule has 0 fully saturated rings. The molecule has 1 N–H and O–H groups in total. The van der Waals surface area contributed by atoms with Gasteiger partial charge in [-0.1, -0.05) is 44.0 Å². The van der Waals surface area contributed by atoms with E-state index in [-0.39, 0.29) is 6.61 Å². The lowest BCUT2D eigenvalue weighted by atomic mass is 10.1. The van der Waals surface area contributed by atoms with Gasteiger partial charge in [0.25, 0.3) is 0 Å². The summed E-state index contributed by atoms with van der Waals surface area (Å²) in [5.41, 5.74) is 2.25. The number of hydrogen-bond donors (Lipinski definition) is 1. The van der Waals surface area contributed by atoms with E-state index in [2.05, 4.69) is 31.9 Å². The Morgan fingerprint density at radius 1 is 1.31 bits per heavy atom. The quantitative estimate of drug-likeness (QED) is 0.847. The Bertz CT molecular complexity index is 274. The van der Waals surface area contributed by atoms with Gasteiger partial charge in [0.1, 0.15) is 0 Å². The van der Waals surface area contributed by atoms with E-state index in [9.17, 15) is 0 Å². The van der Waals surface area contributed by atoms with Crippen molar-refractivity contribution in [1.82, 2.24) is 0 Å². The lowest BCUT2D eigenvalue weighted by Gasteiger charge is -2.05. The third-order valence-corrected chi connectivity index (χ3v) is 3.21. The summed E-state index contributed by atoms with van der Waals surface area (Å²) in [7, 11) is 0. The van der Waals surface area contributed by atoms with Gasteiger partial charge in [-0.15, -0.1) is 0 Å². The van der Waals surface area contributed by atoms with E-state index in [1.165, 1.54) is 5.56 Å². The standard InChI is InChI=1S/C10H12Br2O/c11-5-1-2-9-6-8(7-13)3-4-10(9)12/h3-4,6,13H,1-2,5,7H2. The molecule has 0 aliphatic heterocycles. The molecule has 1 aromatic rings. The van der Waals surface area contributed by atoms with Gasteiger partial charge in [-0.05, 0) is 30.0 Å². The maximum Gasteiger partial charge on any atom is 0.0681 e. The van der Waals surface area contributed by atoms with Gasteiger partial charge in [0.15, 0.2) is 0 Å². The SMILES string of the molecule is OCc1ccc(Br)c(CCCBr)c1. The fourth-order valence-electron chi connectivity index (χ4n) is 1.18. The molecule has 0 spiro atoms. The van der Waals surface area contributed by atoms with Gasteiger partial charge < -0.3 is 5.11 Å². The van der Waals surface area contributed by atoms with Gasteiger partial charge in [-0.2, -0.15) is 0 Å². The zero-order valence-corrected chi connectivity index (χ0v) is 10.4. The fraction of sp³-hybridized carbons (Fsp3) is 0.400. The first-order valence-electron chi connectivity index (χ1n) is 4.22. The van der Waals surface area contributed by atoms with Crippen molar-refractivity contribution in [2.24, 2.45) is 0 Å². The Labute approximate surface area is 95.4 Å². The first-order valence-corrected chi connectivity index (χ1v) is 6.13. The number of benzene rings is 1. The maximum absolute atomic E-state index is 8.95. The van der Waals surface area contributed by atoms with Crippen molar-refractivity contribution < 1.29 is 5.11 Å². The zero-order chi connectivity index (χ0) is 9.68. The van der Waals surface area contributed by atoms with E-state index in [0.717, 1.165) is 28.2 Å². The zero-order valence-electron chi connectivity index (χ0n) is 7.26. The number of hydrogen-bond acceptors (Lipinski definition) is 1. The minimum Gasteiger partial charge on any atom is -0.392 e. The topological polar surface area (TPSA) is 20.2 Å². The second-order valence-corrected chi connectivity index (χ2v) is 4.52. The van der Waals surface area contributed by atoms with Crippen molar-refractivity contribution >= 4 is 31.9 Å². The van der Waals surface area contributed by atoms with E-state index in [4.69, 9.17) is 5.11 Å². The highest BCUT2D eigenvalue weighted by Crippen LogP contribution is 2.20. The predicted octanol–water partition coefficient (Wildman–Crippen LogP) is 3.27. The monoisotopic (exact) mass is 306 g/mol. The van der Waals surface area contributed by atoms with Crippen LogP contribution in [0.1, 0.15) is 17.5 Å². The van der Waals surface area contributed by atoms with Crippen molar-refractivity contribution in [3.63, 3.8) is 0 Å². The average molecular weight is 308 g/mol. The summed E-state index contributed by atoms with van der Waals surface area (Å²) in [5, 5.41) is 9.97. The molecule has 0 bridgehead atoms. The minimum absolute atomic E-state index is 0.120. The summed E-state index contributed by atoms with van der Waals surface area (Å²) in [6.45, 7) is 0.120. The van der Waals surface area contributed by atoms with Crippen LogP contribution in [-0.4, -0.2) is 10.4 Å². The van der Waals surface area contributed by atoms with E-state index < -0.39 is 0 Å². The Balaban J connectivity index is 2.78. The molecule has 1 nitrogen and oxygen atoms in total. The van der Waals surface area contributed by atoms with Crippen LogP contribution in [0.15, 0.2) is 22.7 Å². The van der Waals surface area contributed by atoms with Crippen LogP contribution < -0.4 is 0 Å². The fourth-order valence-corrected chi connectivity index (χ4v) is 1.90. The highest BCUT2D eigenvalue weighted by atomic mass is 79.9. The van der Waals surface area contributed by atoms with Crippen LogP contribution in [0.25, 0.3) is 0 Å². The third-order valence-electron chi connectivity index (χ3n) is 1.87. The second kappa shape index (κ2) is 5.78. The van der Waals surface area contributed by atoms with Gasteiger partial charge >= 0.3 is 0 Å². The number of aliphatic hydroxyl groups is 1. The van der Waals surface area contributed by atoms with Gasteiger partial charge in [-0.25, -0.2) is 0 Å². The number of aliphatic hydroxyl groups excluding tert-OH is 1. The molecule has 0 aliphatic carbocycles. The van der Waals surface area contributed by atoms with Crippen LogP contribution in [-0.2, 0) is 13.0 Å². The molecule has 0 saturated heterocycles. The number of alkyl halides is 1. The molecule has 0 unspecified atom stereocenters. The highest BCUT2D eigenvalue weighted by molar-refractivity contribution is 9.10. The molecule has 72 valence electrons. The number of aryl methyl sites for hydroxylation is 1. The summed E-state index contributed by atoms with van der Waals surface area (Å²) >= 11 is 6.90. The van der Waals surface area contributed by atoms with Gasteiger partial charge in [-0.3, -0.25) is 0 Å².